The molecule has 6 heteroatoms. The Morgan fingerprint density at radius 2 is 0.409 bits per heavy atom. The van der Waals surface area contributed by atoms with E-state index in [9.17, 15) is 0 Å². The molecule has 0 atom stereocenters. The summed E-state index contributed by atoms with van der Waals surface area (Å²) in [6.45, 7) is 0. The number of benzene rings is 12. The Kier molecular flexibility index (Phi) is 13.1. The van der Waals surface area contributed by atoms with Gasteiger partial charge in [0.15, 0.2) is 11.6 Å². The summed E-state index contributed by atoms with van der Waals surface area (Å²) in [7, 11) is 0. The Bertz CT molecular complexity index is 4800. The molecule has 0 unspecified atom stereocenters. The van der Waals surface area contributed by atoms with Crippen LogP contribution in [0.3, 0.4) is 0 Å². The summed E-state index contributed by atoms with van der Waals surface area (Å²) in [6, 6.07) is 107. The molecule has 16 aromatic rings. The minimum Gasteiger partial charge on any atom is -0.256 e. The lowest BCUT2D eigenvalue weighted by Gasteiger charge is -2.18. The fourth-order valence-corrected chi connectivity index (χ4v) is 12.7. The van der Waals surface area contributed by atoms with Crippen molar-refractivity contribution in [3.63, 3.8) is 0 Å². The molecular formula is C82H52N6. The van der Waals surface area contributed by atoms with Gasteiger partial charge < -0.3 is 0 Å². The molecule has 12 aromatic carbocycles. The van der Waals surface area contributed by atoms with Gasteiger partial charge in [-0.25, -0.2) is 19.9 Å². The van der Waals surface area contributed by atoms with E-state index in [2.05, 4.69) is 277 Å². The van der Waals surface area contributed by atoms with Gasteiger partial charge in [0.05, 0.1) is 34.2 Å². The summed E-state index contributed by atoms with van der Waals surface area (Å²) >= 11 is 0. The van der Waals surface area contributed by atoms with Crippen LogP contribution in [0.1, 0.15) is 0 Å². The van der Waals surface area contributed by atoms with E-state index in [1.807, 2.05) is 48.8 Å². The average molecular weight is 1120 g/mol. The third-order valence-corrected chi connectivity index (χ3v) is 16.9. The van der Waals surface area contributed by atoms with E-state index in [0.717, 1.165) is 111 Å². The van der Waals surface area contributed by atoms with Crippen molar-refractivity contribution < 1.29 is 0 Å². The normalized spacial score (nSPS) is 11.4. The number of nitrogens with zero attached hydrogens (tertiary/aromatic N) is 6. The molecule has 6 nitrogen and oxygen atoms in total. The van der Waals surface area contributed by atoms with Gasteiger partial charge in [-0.15, -0.1) is 0 Å². The summed E-state index contributed by atoms with van der Waals surface area (Å²) < 4.78 is 0. The van der Waals surface area contributed by atoms with Crippen molar-refractivity contribution in [1.82, 2.24) is 29.9 Å². The Morgan fingerprint density at radius 3 is 0.716 bits per heavy atom. The topological polar surface area (TPSA) is 77.3 Å². The highest BCUT2D eigenvalue weighted by atomic mass is 14.9. The van der Waals surface area contributed by atoms with Crippen LogP contribution in [-0.2, 0) is 0 Å². The quantitative estimate of drug-likeness (QED) is 0.120. The van der Waals surface area contributed by atoms with E-state index in [4.69, 9.17) is 19.9 Å². The van der Waals surface area contributed by atoms with Crippen LogP contribution in [-0.4, -0.2) is 29.9 Å². The fourth-order valence-electron chi connectivity index (χ4n) is 12.7. The van der Waals surface area contributed by atoms with Crippen molar-refractivity contribution in [1.29, 1.82) is 0 Å². The van der Waals surface area contributed by atoms with Crippen molar-refractivity contribution >= 4 is 43.1 Å². The second kappa shape index (κ2) is 22.3. The van der Waals surface area contributed by atoms with Gasteiger partial charge in [-0.3, -0.25) is 9.97 Å². The molecule has 0 aliphatic rings. The first-order valence-corrected chi connectivity index (χ1v) is 29.7. The third-order valence-electron chi connectivity index (χ3n) is 16.9. The summed E-state index contributed by atoms with van der Waals surface area (Å²) in [6.07, 6.45) is 3.66. The lowest BCUT2D eigenvalue weighted by Crippen LogP contribution is -1.98. The molecule has 0 aliphatic carbocycles. The van der Waals surface area contributed by atoms with Crippen LogP contribution in [0.25, 0.3) is 167 Å². The number of pyridine rings is 2. The largest absolute Gasteiger partial charge is 0.256 e. The van der Waals surface area contributed by atoms with E-state index in [0.29, 0.717) is 11.6 Å². The Balaban J connectivity index is 0.797. The highest BCUT2D eigenvalue weighted by Gasteiger charge is 2.22. The van der Waals surface area contributed by atoms with E-state index in [1.54, 1.807) is 0 Å². The second-order valence-electron chi connectivity index (χ2n) is 22.1. The zero-order valence-corrected chi connectivity index (χ0v) is 47.7. The lowest BCUT2D eigenvalue weighted by molar-refractivity contribution is 1.19. The van der Waals surface area contributed by atoms with Gasteiger partial charge in [0, 0.05) is 56.9 Å². The summed E-state index contributed by atoms with van der Waals surface area (Å²) in [5.74, 6) is 1.27. The number of fused-ring (bicyclic) bond motifs is 4. The molecule has 0 spiro atoms. The minimum atomic E-state index is 0.637. The Labute approximate surface area is 509 Å². The predicted octanol–water partition coefficient (Wildman–Crippen LogP) is 21.0. The van der Waals surface area contributed by atoms with Crippen LogP contribution in [0.2, 0.25) is 0 Å². The van der Waals surface area contributed by atoms with Gasteiger partial charge in [0.2, 0.25) is 0 Å². The fraction of sp³-hybridized carbons (Fsp3) is 0. The maximum absolute atomic E-state index is 5.50. The van der Waals surface area contributed by atoms with Crippen LogP contribution in [0, 0.1) is 0 Å². The maximum atomic E-state index is 5.50. The van der Waals surface area contributed by atoms with Crippen molar-refractivity contribution in [2.24, 2.45) is 0 Å². The summed E-state index contributed by atoms with van der Waals surface area (Å²) in [5, 5.41) is 9.18. The molecule has 0 saturated heterocycles. The lowest BCUT2D eigenvalue weighted by atomic mass is 9.87. The number of rotatable bonds is 11. The van der Waals surface area contributed by atoms with Crippen LogP contribution in [0.4, 0.5) is 0 Å². The first-order valence-electron chi connectivity index (χ1n) is 29.7. The molecule has 0 fully saturated rings. The molecule has 0 bridgehead atoms. The van der Waals surface area contributed by atoms with Crippen molar-refractivity contribution in [2.75, 3.05) is 0 Å². The highest BCUT2D eigenvalue weighted by molar-refractivity contribution is 6.22. The van der Waals surface area contributed by atoms with Gasteiger partial charge in [-0.05, 0) is 113 Å². The van der Waals surface area contributed by atoms with E-state index in [-0.39, 0.29) is 0 Å². The molecule has 16 rings (SSSR count). The van der Waals surface area contributed by atoms with Crippen molar-refractivity contribution in [2.45, 2.75) is 0 Å². The average Bonchev–Trinajstić information content (AvgIpc) is 2.10. The van der Waals surface area contributed by atoms with Crippen LogP contribution >= 0.6 is 0 Å². The Hall–Kier alpha value is -11.9. The third kappa shape index (κ3) is 9.52. The van der Waals surface area contributed by atoms with Gasteiger partial charge in [0.1, 0.15) is 0 Å². The molecule has 410 valence electrons. The zero-order valence-electron chi connectivity index (χ0n) is 47.7. The zero-order chi connectivity index (χ0) is 58.3. The SMILES string of the molecule is c1ccc(-c2c3ccccc3c(-c3cc(-c4ccc(-c5ccccn5)cc4)nc(-c4ccc(-c5ccc(-c6nc(-c7ccc(-c8ccccn8)cc7)cc(-c7c8ccccc8c(-c8ccccc8)c8ccccc78)n6)cc5)cc4)n3)c3ccccc23)cc1. The summed E-state index contributed by atoms with van der Waals surface area (Å²) in [4.78, 5) is 31.0. The summed E-state index contributed by atoms with van der Waals surface area (Å²) in [5.41, 5.74) is 20.1. The van der Waals surface area contributed by atoms with Crippen molar-refractivity contribution in [3.8, 4) is 124 Å². The standard InChI is InChI=1S/C82H52N6/c1-3-19-59(20-4-1)77-63-23-7-11-27-67(63)79(68-28-12-8-24-64(68)77)75-51-73(57-41-37-55(38-42-57)71-31-15-17-49-83-71)85-81(87-75)61-45-33-53(34-46-61)54-35-47-62(48-36-54)82-86-74(58-43-39-56(40-44-58)72-32-16-18-50-84-72)52-76(88-82)80-69-29-13-9-25-65(69)78(60-21-5-2-6-22-60)66-26-10-14-30-70(66)80/h1-52H. The Morgan fingerprint density at radius 1 is 0.159 bits per heavy atom. The number of aromatic nitrogens is 6. The van der Waals surface area contributed by atoms with E-state index < -0.39 is 0 Å². The molecule has 0 aliphatic heterocycles. The van der Waals surface area contributed by atoms with Crippen LogP contribution in [0.15, 0.2) is 316 Å². The smallest absolute Gasteiger partial charge is 0.160 e. The molecule has 4 aromatic heterocycles. The van der Waals surface area contributed by atoms with Gasteiger partial charge in [0.25, 0.3) is 0 Å². The molecule has 0 amide bonds. The van der Waals surface area contributed by atoms with Crippen molar-refractivity contribution in [3.05, 3.63) is 316 Å². The highest BCUT2D eigenvalue weighted by Crippen LogP contribution is 2.46. The monoisotopic (exact) mass is 1120 g/mol. The number of hydrogen-bond acceptors (Lipinski definition) is 6. The number of hydrogen-bond donors (Lipinski definition) is 0. The second-order valence-corrected chi connectivity index (χ2v) is 22.1. The maximum Gasteiger partial charge on any atom is 0.160 e. The van der Waals surface area contributed by atoms with E-state index in [1.165, 1.54) is 43.8 Å². The van der Waals surface area contributed by atoms with E-state index >= 15 is 0 Å². The molecule has 88 heavy (non-hydrogen) atoms. The molecule has 4 heterocycles. The van der Waals surface area contributed by atoms with Crippen LogP contribution in [0.5, 0.6) is 0 Å². The van der Waals surface area contributed by atoms with Gasteiger partial charge >= 0.3 is 0 Å². The molecule has 0 saturated carbocycles. The first kappa shape index (κ1) is 51.8. The first-order chi connectivity index (χ1) is 43.6. The van der Waals surface area contributed by atoms with Crippen LogP contribution < -0.4 is 0 Å². The van der Waals surface area contributed by atoms with Gasteiger partial charge in [-0.2, -0.15) is 0 Å². The predicted molar refractivity (Wildman–Crippen MR) is 363 cm³/mol. The molecule has 0 N–H and O–H groups in total. The molecular weight excluding hydrogens is 1070 g/mol. The minimum absolute atomic E-state index is 0.637. The molecule has 0 radical (unpaired) electrons. The van der Waals surface area contributed by atoms with Gasteiger partial charge in [-0.1, -0.05) is 267 Å².